The molecule has 2 aromatic carbocycles. The number of ether oxygens (including phenoxy) is 1. The largest absolute Gasteiger partial charge is 0.504 e. The standard InChI is InChI=1S/C18H15Cl2FN4O2/c19-11-1-2-12(17(21)16(11)20)25-18-10-5-15(27-9-3-8(22)4-9)14(26)6-13(10)23-7-24-18/h1-2,5-9,26H,3-4,22H2,(H,23,24,25). The number of nitrogens with zero attached hydrogens (tertiary/aromatic N) is 2. The first-order valence-electron chi connectivity index (χ1n) is 8.23. The number of hydrogen-bond donors (Lipinski definition) is 3. The van der Waals surface area contributed by atoms with E-state index in [1.807, 2.05) is 0 Å². The Hall–Kier alpha value is -2.35. The van der Waals surface area contributed by atoms with Crippen LogP contribution in [0.15, 0.2) is 30.6 Å². The summed E-state index contributed by atoms with van der Waals surface area (Å²) < 4.78 is 20.2. The maximum Gasteiger partial charge on any atom is 0.166 e. The molecule has 0 aliphatic heterocycles. The van der Waals surface area contributed by atoms with Crippen LogP contribution in [0.1, 0.15) is 12.8 Å². The Morgan fingerprint density at radius 2 is 2.00 bits per heavy atom. The average Bonchev–Trinajstić information content (AvgIpc) is 2.62. The van der Waals surface area contributed by atoms with Crippen molar-refractivity contribution in [3.8, 4) is 11.5 Å². The molecule has 0 saturated heterocycles. The predicted octanol–water partition coefficient (Wildman–Crippen LogP) is 4.39. The Morgan fingerprint density at radius 1 is 1.22 bits per heavy atom. The lowest BCUT2D eigenvalue weighted by Crippen LogP contribution is -2.43. The number of hydrogen-bond acceptors (Lipinski definition) is 6. The van der Waals surface area contributed by atoms with E-state index in [0.29, 0.717) is 22.5 Å². The monoisotopic (exact) mass is 408 g/mol. The number of phenolic OH excluding ortho intramolecular Hbond substituents is 1. The highest BCUT2D eigenvalue weighted by Gasteiger charge is 2.28. The van der Waals surface area contributed by atoms with Crippen LogP contribution in [-0.2, 0) is 0 Å². The zero-order valence-corrected chi connectivity index (χ0v) is 15.4. The van der Waals surface area contributed by atoms with E-state index in [1.54, 1.807) is 6.07 Å². The van der Waals surface area contributed by atoms with Crippen molar-refractivity contribution in [3.63, 3.8) is 0 Å². The lowest BCUT2D eigenvalue weighted by atomic mass is 9.90. The van der Waals surface area contributed by atoms with Gasteiger partial charge in [0.15, 0.2) is 17.3 Å². The van der Waals surface area contributed by atoms with Gasteiger partial charge in [-0.05, 0) is 31.0 Å². The van der Waals surface area contributed by atoms with Crippen molar-refractivity contribution in [1.82, 2.24) is 9.97 Å². The third-order valence-corrected chi connectivity index (χ3v) is 5.21. The summed E-state index contributed by atoms with van der Waals surface area (Å²) in [7, 11) is 0. The Labute approximate surface area is 164 Å². The highest BCUT2D eigenvalue weighted by molar-refractivity contribution is 6.42. The first-order valence-corrected chi connectivity index (χ1v) is 8.98. The summed E-state index contributed by atoms with van der Waals surface area (Å²) in [5.41, 5.74) is 6.36. The highest BCUT2D eigenvalue weighted by Crippen LogP contribution is 2.37. The van der Waals surface area contributed by atoms with Crippen LogP contribution < -0.4 is 15.8 Å². The number of nitrogens with two attached hydrogens (primary N) is 1. The maximum atomic E-state index is 14.4. The molecular weight excluding hydrogens is 394 g/mol. The van der Waals surface area contributed by atoms with Crippen LogP contribution in [0.2, 0.25) is 10.0 Å². The highest BCUT2D eigenvalue weighted by atomic mass is 35.5. The van der Waals surface area contributed by atoms with Crippen LogP contribution in [0.5, 0.6) is 11.5 Å². The van der Waals surface area contributed by atoms with Crippen molar-refractivity contribution >= 4 is 45.6 Å². The van der Waals surface area contributed by atoms with Gasteiger partial charge in [-0.1, -0.05) is 23.2 Å². The molecule has 4 rings (SSSR count). The molecule has 0 radical (unpaired) electrons. The molecule has 1 heterocycles. The van der Waals surface area contributed by atoms with Gasteiger partial charge in [-0.2, -0.15) is 0 Å². The van der Waals surface area contributed by atoms with E-state index in [4.69, 9.17) is 33.7 Å². The summed E-state index contributed by atoms with van der Waals surface area (Å²) in [5.74, 6) is -0.0812. The fraction of sp³-hybridized carbons (Fsp3) is 0.222. The van der Waals surface area contributed by atoms with Crippen LogP contribution in [0.4, 0.5) is 15.9 Å². The summed E-state index contributed by atoms with van der Waals surface area (Å²) in [6.45, 7) is 0. The van der Waals surface area contributed by atoms with E-state index < -0.39 is 5.82 Å². The third kappa shape index (κ3) is 3.45. The average molecular weight is 409 g/mol. The van der Waals surface area contributed by atoms with Crippen LogP contribution in [0, 0.1) is 5.82 Å². The molecule has 27 heavy (non-hydrogen) atoms. The third-order valence-electron chi connectivity index (χ3n) is 4.43. The summed E-state index contributed by atoms with van der Waals surface area (Å²) in [6, 6.07) is 6.16. The van der Waals surface area contributed by atoms with E-state index in [0.717, 1.165) is 12.8 Å². The summed E-state index contributed by atoms with van der Waals surface area (Å²) in [6.07, 6.45) is 2.72. The van der Waals surface area contributed by atoms with Crippen molar-refractivity contribution < 1.29 is 14.2 Å². The van der Waals surface area contributed by atoms with E-state index in [1.165, 1.54) is 24.5 Å². The lowest BCUT2D eigenvalue weighted by Gasteiger charge is -2.32. The van der Waals surface area contributed by atoms with Gasteiger partial charge >= 0.3 is 0 Å². The molecule has 1 saturated carbocycles. The Bertz CT molecular complexity index is 1030. The molecule has 1 aromatic heterocycles. The summed E-state index contributed by atoms with van der Waals surface area (Å²) >= 11 is 11.7. The van der Waals surface area contributed by atoms with Gasteiger partial charge in [0.2, 0.25) is 0 Å². The van der Waals surface area contributed by atoms with E-state index in [9.17, 15) is 9.50 Å². The number of benzene rings is 2. The first kappa shape index (κ1) is 18.0. The molecule has 0 bridgehead atoms. The first-order chi connectivity index (χ1) is 12.9. The smallest absolute Gasteiger partial charge is 0.166 e. The number of aromatic nitrogens is 2. The Morgan fingerprint density at radius 3 is 2.74 bits per heavy atom. The number of anilines is 2. The molecular formula is C18H15Cl2FN4O2. The van der Waals surface area contributed by atoms with Crippen molar-refractivity contribution in [2.45, 2.75) is 25.0 Å². The molecule has 9 heteroatoms. The minimum atomic E-state index is -0.686. The van der Waals surface area contributed by atoms with Crippen molar-refractivity contribution in [3.05, 3.63) is 46.5 Å². The van der Waals surface area contributed by atoms with E-state index >= 15 is 0 Å². The topological polar surface area (TPSA) is 93.3 Å². The number of nitrogens with one attached hydrogen (secondary N) is 1. The minimum Gasteiger partial charge on any atom is -0.504 e. The molecule has 1 fully saturated rings. The molecule has 0 amide bonds. The molecule has 140 valence electrons. The van der Waals surface area contributed by atoms with Gasteiger partial charge in [-0.25, -0.2) is 14.4 Å². The number of fused-ring (bicyclic) bond motifs is 1. The maximum absolute atomic E-state index is 14.4. The van der Waals surface area contributed by atoms with Gasteiger partial charge in [0, 0.05) is 17.5 Å². The van der Waals surface area contributed by atoms with Gasteiger partial charge < -0.3 is 20.9 Å². The number of aromatic hydroxyl groups is 1. The number of phenols is 1. The number of rotatable bonds is 4. The summed E-state index contributed by atoms with van der Waals surface area (Å²) in [5, 5.41) is 13.6. The van der Waals surface area contributed by atoms with Crippen molar-refractivity contribution in [1.29, 1.82) is 0 Å². The molecule has 4 N–H and O–H groups in total. The Balaban J connectivity index is 1.71. The summed E-state index contributed by atoms with van der Waals surface area (Å²) in [4.78, 5) is 8.31. The van der Waals surface area contributed by atoms with Gasteiger partial charge in [-0.3, -0.25) is 0 Å². The number of halogens is 3. The Kier molecular flexibility index (Phi) is 4.67. The van der Waals surface area contributed by atoms with Gasteiger partial charge in [-0.15, -0.1) is 0 Å². The van der Waals surface area contributed by atoms with Crippen LogP contribution >= 0.6 is 23.2 Å². The quantitative estimate of drug-likeness (QED) is 0.554. The molecule has 0 spiro atoms. The van der Waals surface area contributed by atoms with Crippen LogP contribution in [0.3, 0.4) is 0 Å². The normalized spacial score (nSPS) is 19.0. The van der Waals surface area contributed by atoms with Crippen LogP contribution in [0.25, 0.3) is 10.9 Å². The molecule has 1 aliphatic carbocycles. The van der Waals surface area contributed by atoms with Crippen molar-refractivity contribution in [2.24, 2.45) is 5.73 Å². The fourth-order valence-corrected chi connectivity index (χ4v) is 3.21. The molecule has 6 nitrogen and oxygen atoms in total. The predicted molar refractivity (Wildman–Crippen MR) is 103 cm³/mol. The zero-order chi connectivity index (χ0) is 19.1. The second kappa shape index (κ2) is 6.99. The lowest BCUT2D eigenvalue weighted by molar-refractivity contribution is 0.0977. The molecule has 3 aromatic rings. The SMILES string of the molecule is NC1CC(Oc2cc3c(Nc4ccc(Cl)c(Cl)c4F)ncnc3cc2O)C1. The van der Waals surface area contributed by atoms with Gasteiger partial charge in [0.05, 0.1) is 21.2 Å². The van der Waals surface area contributed by atoms with Gasteiger partial charge in [0.25, 0.3) is 0 Å². The second-order valence-electron chi connectivity index (χ2n) is 6.38. The van der Waals surface area contributed by atoms with E-state index in [2.05, 4.69) is 15.3 Å². The minimum absolute atomic E-state index is 0.0339. The molecule has 0 atom stereocenters. The van der Waals surface area contributed by atoms with E-state index in [-0.39, 0.29) is 33.6 Å². The fourth-order valence-electron chi connectivity index (χ4n) is 2.90. The van der Waals surface area contributed by atoms with Gasteiger partial charge in [0.1, 0.15) is 18.2 Å². The van der Waals surface area contributed by atoms with Crippen molar-refractivity contribution in [2.75, 3.05) is 5.32 Å². The molecule has 0 unspecified atom stereocenters. The molecule has 1 aliphatic rings. The second-order valence-corrected chi connectivity index (χ2v) is 7.16. The zero-order valence-electron chi connectivity index (χ0n) is 13.9. The van der Waals surface area contributed by atoms with Crippen LogP contribution in [-0.4, -0.2) is 27.2 Å².